The largest absolute Gasteiger partial charge is 0.491 e. The van der Waals surface area contributed by atoms with Gasteiger partial charge in [0, 0.05) is 4.47 Å². The Balaban J connectivity index is 2.25. The van der Waals surface area contributed by atoms with Crippen LogP contribution in [0.15, 0.2) is 46.9 Å². The second kappa shape index (κ2) is 6.97. The normalized spacial score (nSPS) is 12.5. The van der Waals surface area contributed by atoms with E-state index in [1.165, 1.54) is 0 Å². The maximum Gasteiger partial charge on any atom is 0.119 e. The summed E-state index contributed by atoms with van der Waals surface area (Å²) in [6.45, 7) is 4.03. The number of alkyl halides is 1. The third-order valence-electron chi connectivity index (χ3n) is 2.80. The Kier molecular flexibility index (Phi) is 5.53. The molecule has 1 atom stereocenters. The van der Waals surface area contributed by atoms with Crippen molar-refractivity contribution >= 4 is 43.5 Å². The lowest BCUT2D eigenvalue weighted by Crippen LogP contribution is -2.05. The van der Waals surface area contributed by atoms with Crippen molar-refractivity contribution in [3.63, 3.8) is 0 Å². The molecule has 2 aromatic rings. The van der Waals surface area contributed by atoms with Gasteiger partial charge in [-0.2, -0.15) is 0 Å². The van der Waals surface area contributed by atoms with Crippen molar-refractivity contribution < 1.29 is 4.74 Å². The number of benzene rings is 2. The molecule has 0 amide bonds. The van der Waals surface area contributed by atoms with E-state index in [0.717, 1.165) is 26.4 Å². The minimum absolute atomic E-state index is 0.0561. The molecule has 0 saturated carbocycles. The molecular weight excluding hydrogens is 403 g/mol. The Morgan fingerprint density at radius 1 is 1.05 bits per heavy atom. The van der Waals surface area contributed by atoms with Crippen LogP contribution in [0.25, 0.3) is 0 Å². The molecule has 0 saturated heterocycles. The zero-order chi connectivity index (χ0) is 14.7. The van der Waals surface area contributed by atoms with E-state index >= 15 is 0 Å². The third kappa shape index (κ3) is 3.78. The zero-order valence-corrected chi connectivity index (χ0v) is 15.2. The van der Waals surface area contributed by atoms with Gasteiger partial charge in [-0.3, -0.25) is 0 Å². The van der Waals surface area contributed by atoms with Crippen molar-refractivity contribution in [2.45, 2.75) is 24.8 Å². The first-order valence-corrected chi connectivity index (χ1v) is 8.42. The summed E-state index contributed by atoms with van der Waals surface area (Å²) in [6.07, 6.45) is 0.181. The molecule has 0 fully saturated rings. The van der Waals surface area contributed by atoms with E-state index in [1.807, 2.05) is 56.3 Å². The first-order chi connectivity index (χ1) is 9.49. The summed E-state index contributed by atoms with van der Waals surface area (Å²) in [5, 5.41) is 0.733. The molecule has 0 spiro atoms. The lowest BCUT2D eigenvalue weighted by molar-refractivity contribution is 0.242. The second-order valence-corrected chi connectivity index (χ2v) is 6.89. The highest BCUT2D eigenvalue weighted by Gasteiger charge is 2.15. The molecule has 0 aliphatic rings. The van der Waals surface area contributed by atoms with Crippen LogP contribution in [0.3, 0.4) is 0 Å². The van der Waals surface area contributed by atoms with Crippen molar-refractivity contribution in [3.8, 4) is 5.75 Å². The van der Waals surface area contributed by atoms with Crippen LogP contribution in [0.4, 0.5) is 0 Å². The fraction of sp³-hybridized carbons (Fsp3) is 0.250. The van der Waals surface area contributed by atoms with Crippen LogP contribution >= 0.6 is 43.5 Å². The molecule has 0 aliphatic carbocycles. The molecule has 1 nitrogen and oxygen atoms in total. The predicted octanol–water partition coefficient (Wildman–Crippen LogP) is 6.37. The lowest BCUT2D eigenvalue weighted by atomic mass is 10.0. The van der Waals surface area contributed by atoms with Crippen molar-refractivity contribution in [1.29, 1.82) is 0 Å². The summed E-state index contributed by atoms with van der Waals surface area (Å²) in [5.74, 6) is 0.879. The van der Waals surface area contributed by atoms with Gasteiger partial charge in [0.05, 0.1) is 16.0 Å². The Morgan fingerprint density at radius 2 is 1.70 bits per heavy atom. The first-order valence-electron chi connectivity index (χ1n) is 6.33. The summed E-state index contributed by atoms with van der Waals surface area (Å²) >= 11 is 13.5. The molecule has 106 valence electrons. The molecule has 0 bridgehead atoms. The Morgan fingerprint density at radius 3 is 2.30 bits per heavy atom. The predicted molar refractivity (Wildman–Crippen MR) is 92.1 cm³/mol. The quantitative estimate of drug-likeness (QED) is 0.524. The van der Waals surface area contributed by atoms with Gasteiger partial charge in [0.25, 0.3) is 0 Å². The van der Waals surface area contributed by atoms with Crippen LogP contribution in [0, 0.1) is 0 Å². The highest BCUT2D eigenvalue weighted by molar-refractivity contribution is 9.10. The van der Waals surface area contributed by atoms with E-state index in [9.17, 15) is 0 Å². The minimum Gasteiger partial charge on any atom is -0.491 e. The Labute approximate surface area is 141 Å². The number of hydrogen-bond donors (Lipinski definition) is 0. The van der Waals surface area contributed by atoms with Crippen molar-refractivity contribution in [1.82, 2.24) is 0 Å². The standard InChI is InChI=1S/C16H15Br2ClO/c1-10(2)20-12-8-6-11(7-9-12)15(18)13-4-3-5-14(17)16(13)19/h3-10,15H,1-2H3. The molecule has 0 aromatic heterocycles. The van der Waals surface area contributed by atoms with Crippen molar-refractivity contribution in [2.75, 3.05) is 0 Å². The smallest absolute Gasteiger partial charge is 0.119 e. The van der Waals surface area contributed by atoms with Gasteiger partial charge in [-0.1, -0.05) is 51.8 Å². The zero-order valence-electron chi connectivity index (χ0n) is 11.2. The molecule has 20 heavy (non-hydrogen) atoms. The number of halogens is 3. The van der Waals surface area contributed by atoms with E-state index in [4.69, 9.17) is 16.3 Å². The number of ether oxygens (including phenoxy) is 1. The number of hydrogen-bond acceptors (Lipinski definition) is 1. The molecule has 2 aromatic carbocycles. The van der Waals surface area contributed by atoms with Crippen LogP contribution in [0.1, 0.15) is 29.8 Å². The topological polar surface area (TPSA) is 9.23 Å². The van der Waals surface area contributed by atoms with E-state index in [0.29, 0.717) is 0 Å². The van der Waals surface area contributed by atoms with Gasteiger partial charge in [0.2, 0.25) is 0 Å². The molecule has 0 heterocycles. The van der Waals surface area contributed by atoms with E-state index < -0.39 is 0 Å². The molecule has 0 N–H and O–H groups in total. The van der Waals surface area contributed by atoms with Crippen LogP contribution in [0.2, 0.25) is 5.02 Å². The highest BCUT2D eigenvalue weighted by Crippen LogP contribution is 2.38. The van der Waals surface area contributed by atoms with Crippen LogP contribution in [-0.4, -0.2) is 6.10 Å². The fourth-order valence-electron chi connectivity index (χ4n) is 1.88. The molecule has 2 rings (SSSR count). The highest BCUT2D eigenvalue weighted by atomic mass is 79.9. The fourth-order valence-corrected chi connectivity index (χ4v) is 3.32. The Bertz CT molecular complexity index is 582. The summed E-state index contributed by atoms with van der Waals surface area (Å²) in [5.41, 5.74) is 2.18. The SMILES string of the molecule is CC(C)Oc1ccc(C(Br)c2cccc(Br)c2Cl)cc1. The maximum atomic E-state index is 6.34. The summed E-state index contributed by atoms with van der Waals surface area (Å²) in [6, 6.07) is 14.0. The number of rotatable bonds is 4. The summed E-state index contributed by atoms with van der Waals surface area (Å²) in [7, 11) is 0. The van der Waals surface area contributed by atoms with Crippen LogP contribution in [0.5, 0.6) is 5.75 Å². The van der Waals surface area contributed by atoms with Crippen LogP contribution < -0.4 is 4.74 Å². The molecular formula is C16H15Br2ClO. The van der Waals surface area contributed by atoms with E-state index in [2.05, 4.69) is 31.9 Å². The summed E-state index contributed by atoms with van der Waals surface area (Å²) < 4.78 is 6.55. The van der Waals surface area contributed by atoms with Crippen LogP contribution in [-0.2, 0) is 0 Å². The molecule has 0 radical (unpaired) electrons. The Hall–Kier alpha value is -0.510. The minimum atomic E-state index is 0.0561. The van der Waals surface area contributed by atoms with Crippen molar-refractivity contribution in [2.24, 2.45) is 0 Å². The van der Waals surface area contributed by atoms with Gasteiger partial charge in [-0.15, -0.1) is 0 Å². The van der Waals surface area contributed by atoms with Gasteiger partial charge >= 0.3 is 0 Å². The van der Waals surface area contributed by atoms with E-state index in [1.54, 1.807) is 0 Å². The van der Waals surface area contributed by atoms with E-state index in [-0.39, 0.29) is 10.9 Å². The van der Waals surface area contributed by atoms with Crippen molar-refractivity contribution in [3.05, 3.63) is 63.1 Å². The summed E-state index contributed by atoms with van der Waals surface area (Å²) in [4.78, 5) is 0.0561. The maximum absolute atomic E-state index is 6.34. The lowest BCUT2D eigenvalue weighted by Gasteiger charge is -2.15. The molecule has 0 aliphatic heterocycles. The molecule has 1 unspecified atom stereocenters. The average Bonchev–Trinajstić information content (AvgIpc) is 2.41. The molecule has 4 heteroatoms. The second-order valence-electron chi connectivity index (χ2n) is 4.74. The van der Waals surface area contributed by atoms with Gasteiger partial charge in [0.15, 0.2) is 0 Å². The monoisotopic (exact) mass is 416 g/mol. The van der Waals surface area contributed by atoms with Gasteiger partial charge < -0.3 is 4.74 Å². The van der Waals surface area contributed by atoms with Gasteiger partial charge in [0.1, 0.15) is 5.75 Å². The third-order valence-corrected chi connectivity index (χ3v) is 5.13. The first kappa shape index (κ1) is 15.9. The average molecular weight is 419 g/mol. The van der Waals surface area contributed by atoms with Gasteiger partial charge in [-0.05, 0) is 59.1 Å². The van der Waals surface area contributed by atoms with Gasteiger partial charge in [-0.25, -0.2) is 0 Å².